The summed E-state index contributed by atoms with van der Waals surface area (Å²) in [5, 5.41) is 3.02. The van der Waals surface area contributed by atoms with Crippen molar-refractivity contribution in [3.8, 4) is 0 Å². The molecule has 1 aliphatic heterocycles. The molecule has 0 aromatic heterocycles. The van der Waals surface area contributed by atoms with E-state index >= 15 is 0 Å². The van der Waals surface area contributed by atoms with E-state index in [1.54, 1.807) is 0 Å². The highest BCUT2D eigenvalue weighted by molar-refractivity contribution is 5.74. The first-order valence-electron chi connectivity index (χ1n) is 7.95. The van der Waals surface area contributed by atoms with Crippen LogP contribution >= 0.6 is 0 Å². The number of likely N-dealkylation sites (tertiary alicyclic amines) is 1. The molecule has 1 atom stereocenters. The van der Waals surface area contributed by atoms with Crippen LogP contribution in [-0.4, -0.2) is 36.9 Å². The topological polar surface area (TPSA) is 41.6 Å². The summed E-state index contributed by atoms with van der Waals surface area (Å²) in [4.78, 5) is 14.0. The van der Waals surface area contributed by atoms with Crippen molar-refractivity contribution in [2.75, 3.05) is 19.7 Å². The lowest BCUT2D eigenvalue weighted by Crippen LogP contribution is -2.50. The molecule has 1 heterocycles. The lowest BCUT2D eigenvalue weighted by molar-refractivity contribution is -0.0567. The SMILES string of the molecule is CCCCCCNC(=O)N1CCCC[C@H]1OCCC. The minimum absolute atomic E-state index is 0.00987. The molecular formula is C15H30N2O2. The van der Waals surface area contributed by atoms with E-state index in [0.717, 1.165) is 51.8 Å². The maximum atomic E-state index is 12.1. The summed E-state index contributed by atoms with van der Waals surface area (Å²) in [5.74, 6) is 0. The zero-order valence-electron chi connectivity index (χ0n) is 12.6. The maximum Gasteiger partial charge on any atom is 0.319 e. The number of unbranched alkanes of at least 4 members (excludes halogenated alkanes) is 3. The standard InChI is InChI=1S/C15H30N2O2/c1-3-5-6-8-11-16-15(18)17-12-9-7-10-14(17)19-13-4-2/h14H,3-13H2,1-2H3,(H,16,18)/t14-/m1/s1. The monoisotopic (exact) mass is 270 g/mol. The summed E-state index contributed by atoms with van der Waals surface area (Å²) < 4.78 is 5.78. The van der Waals surface area contributed by atoms with Gasteiger partial charge in [-0.15, -0.1) is 0 Å². The van der Waals surface area contributed by atoms with Gasteiger partial charge >= 0.3 is 6.03 Å². The Hall–Kier alpha value is -0.770. The van der Waals surface area contributed by atoms with E-state index in [1.807, 2.05) is 4.90 Å². The third-order valence-electron chi connectivity index (χ3n) is 3.53. The minimum Gasteiger partial charge on any atom is -0.358 e. The van der Waals surface area contributed by atoms with Crippen LogP contribution in [0.15, 0.2) is 0 Å². The molecule has 4 nitrogen and oxygen atoms in total. The molecule has 1 aliphatic rings. The Morgan fingerprint density at radius 2 is 2.05 bits per heavy atom. The summed E-state index contributed by atoms with van der Waals surface area (Å²) in [5.41, 5.74) is 0. The van der Waals surface area contributed by atoms with Gasteiger partial charge in [0, 0.05) is 19.7 Å². The van der Waals surface area contributed by atoms with Gasteiger partial charge in [0.2, 0.25) is 0 Å². The van der Waals surface area contributed by atoms with Crippen LogP contribution in [0, 0.1) is 0 Å². The van der Waals surface area contributed by atoms with E-state index in [-0.39, 0.29) is 12.3 Å². The second kappa shape index (κ2) is 10.1. The quantitative estimate of drug-likeness (QED) is 0.686. The first-order valence-corrected chi connectivity index (χ1v) is 7.95. The zero-order valence-corrected chi connectivity index (χ0v) is 12.6. The van der Waals surface area contributed by atoms with Gasteiger partial charge in [-0.3, -0.25) is 4.90 Å². The third kappa shape index (κ3) is 6.28. The Labute approximate surface area is 117 Å². The van der Waals surface area contributed by atoms with Crippen molar-refractivity contribution >= 4 is 6.03 Å². The molecule has 2 amide bonds. The summed E-state index contributed by atoms with van der Waals surface area (Å²) in [7, 11) is 0. The largest absolute Gasteiger partial charge is 0.358 e. The normalized spacial score (nSPS) is 19.5. The molecule has 0 aromatic rings. The lowest BCUT2D eigenvalue weighted by Gasteiger charge is -2.35. The van der Waals surface area contributed by atoms with Gasteiger partial charge in [-0.2, -0.15) is 0 Å². The molecule has 1 fully saturated rings. The van der Waals surface area contributed by atoms with Crippen LogP contribution in [0.5, 0.6) is 0 Å². The number of ether oxygens (including phenoxy) is 1. The van der Waals surface area contributed by atoms with Crippen molar-refractivity contribution in [3.05, 3.63) is 0 Å². The van der Waals surface area contributed by atoms with Gasteiger partial charge in [0.25, 0.3) is 0 Å². The van der Waals surface area contributed by atoms with Crippen molar-refractivity contribution < 1.29 is 9.53 Å². The van der Waals surface area contributed by atoms with Crippen molar-refractivity contribution in [3.63, 3.8) is 0 Å². The highest BCUT2D eigenvalue weighted by atomic mass is 16.5. The number of hydrogen-bond donors (Lipinski definition) is 1. The number of hydrogen-bond acceptors (Lipinski definition) is 2. The fraction of sp³-hybridized carbons (Fsp3) is 0.933. The van der Waals surface area contributed by atoms with Gasteiger partial charge in [-0.1, -0.05) is 33.1 Å². The maximum absolute atomic E-state index is 12.1. The Morgan fingerprint density at radius 1 is 1.21 bits per heavy atom. The smallest absolute Gasteiger partial charge is 0.319 e. The molecule has 1 saturated heterocycles. The van der Waals surface area contributed by atoms with Crippen LogP contribution in [0.4, 0.5) is 4.79 Å². The van der Waals surface area contributed by atoms with Gasteiger partial charge in [-0.25, -0.2) is 4.79 Å². The number of rotatable bonds is 8. The second-order valence-electron chi connectivity index (χ2n) is 5.31. The van der Waals surface area contributed by atoms with Gasteiger partial charge in [0.1, 0.15) is 6.23 Å². The van der Waals surface area contributed by atoms with E-state index in [1.165, 1.54) is 19.3 Å². The number of piperidine rings is 1. The van der Waals surface area contributed by atoms with E-state index in [0.29, 0.717) is 0 Å². The molecule has 0 saturated carbocycles. The highest BCUT2D eigenvalue weighted by Crippen LogP contribution is 2.18. The molecule has 4 heteroatoms. The van der Waals surface area contributed by atoms with Crippen LogP contribution in [-0.2, 0) is 4.74 Å². The molecule has 0 spiro atoms. The molecule has 112 valence electrons. The number of carbonyl (C=O) groups excluding carboxylic acids is 1. The molecule has 0 radical (unpaired) electrons. The first kappa shape index (κ1) is 16.3. The van der Waals surface area contributed by atoms with Gasteiger partial charge < -0.3 is 10.1 Å². The van der Waals surface area contributed by atoms with Crippen LogP contribution in [0.3, 0.4) is 0 Å². The number of urea groups is 1. The van der Waals surface area contributed by atoms with Gasteiger partial charge in [0.15, 0.2) is 0 Å². The zero-order chi connectivity index (χ0) is 13.9. The van der Waals surface area contributed by atoms with Crippen LogP contribution in [0.1, 0.15) is 65.2 Å². The van der Waals surface area contributed by atoms with E-state index < -0.39 is 0 Å². The van der Waals surface area contributed by atoms with Crippen LogP contribution in [0.25, 0.3) is 0 Å². The van der Waals surface area contributed by atoms with Gasteiger partial charge in [-0.05, 0) is 32.1 Å². The van der Waals surface area contributed by atoms with E-state index in [4.69, 9.17) is 4.74 Å². The van der Waals surface area contributed by atoms with Crippen LogP contribution < -0.4 is 5.32 Å². The molecule has 1 N–H and O–H groups in total. The average molecular weight is 270 g/mol. The molecule has 0 unspecified atom stereocenters. The summed E-state index contributed by atoms with van der Waals surface area (Å²) in [6.45, 7) is 6.65. The Kier molecular flexibility index (Phi) is 8.63. The highest BCUT2D eigenvalue weighted by Gasteiger charge is 2.26. The fourth-order valence-electron chi connectivity index (χ4n) is 2.41. The van der Waals surface area contributed by atoms with Crippen molar-refractivity contribution in [2.24, 2.45) is 0 Å². The molecule has 19 heavy (non-hydrogen) atoms. The van der Waals surface area contributed by atoms with Gasteiger partial charge in [0.05, 0.1) is 0 Å². The van der Waals surface area contributed by atoms with Crippen LogP contribution in [0.2, 0.25) is 0 Å². The predicted molar refractivity (Wildman–Crippen MR) is 78.1 cm³/mol. The number of nitrogens with zero attached hydrogens (tertiary/aromatic N) is 1. The Bertz CT molecular complexity index is 246. The van der Waals surface area contributed by atoms with E-state index in [9.17, 15) is 4.79 Å². The second-order valence-corrected chi connectivity index (χ2v) is 5.31. The average Bonchev–Trinajstić information content (AvgIpc) is 2.45. The number of carbonyl (C=O) groups is 1. The third-order valence-corrected chi connectivity index (χ3v) is 3.53. The number of amides is 2. The lowest BCUT2D eigenvalue weighted by atomic mass is 10.1. The van der Waals surface area contributed by atoms with Crippen molar-refractivity contribution in [1.29, 1.82) is 0 Å². The Balaban J connectivity index is 2.26. The summed E-state index contributed by atoms with van der Waals surface area (Å²) in [6, 6.07) is 0.0531. The molecule has 1 rings (SSSR count). The fourth-order valence-corrected chi connectivity index (χ4v) is 2.41. The molecular weight excluding hydrogens is 240 g/mol. The molecule has 0 bridgehead atoms. The van der Waals surface area contributed by atoms with Crippen molar-refractivity contribution in [2.45, 2.75) is 71.4 Å². The van der Waals surface area contributed by atoms with Crippen molar-refractivity contribution in [1.82, 2.24) is 10.2 Å². The minimum atomic E-state index is -0.00987. The van der Waals surface area contributed by atoms with E-state index in [2.05, 4.69) is 19.2 Å². The molecule has 0 aromatic carbocycles. The number of nitrogens with one attached hydrogen (secondary N) is 1. The molecule has 0 aliphatic carbocycles. The predicted octanol–water partition coefficient (Wildman–Crippen LogP) is 3.51. The Morgan fingerprint density at radius 3 is 2.79 bits per heavy atom. The summed E-state index contributed by atoms with van der Waals surface area (Å²) >= 11 is 0. The summed E-state index contributed by atoms with van der Waals surface area (Å²) in [6.07, 6.45) is 8.98. The first-order chi connectivity index (χ1) is 9.29.